The Bertz CT molecular complexity index is 1030. The van der Waals surface area contributed by atoms with Crippen molar-refractivity contribution in [1.29, 1.82) is 0 Å². The average Bonchev–Trinajstić information content (AvgIpc) is 3.08. The molecule has 4 rings (SSSR count). The van der Waals surface area contributed by atoms with Crippen molar-refractivity contribution in [2.45, 2.75) is 32.2 Å². The van der Waals surface area contributed by atoms with Crippen LogP contribution in [0.2, 0.25) is 10.0 Å². The van der Waals surface area contributed by atoms with Gasteiger partial charge >= 0.3 is 0 Å². The van der Waals surface area contributed by atoms with Crippen molar-refractivity contribution in [1.82, 2.24) is 20.0 Å². The van der Waals surface area contributed by atoms with E-state index in [0.29, 0.717) is 28.7 Å². The fraction of sp³-hybridized carbons (Fsp3) is 0.333. The number of fused-ring (bicyclic) bond motifs is 1. The summed E-state index contributed by atoms with van der Waals surface area (Å²) in [5.74, 6) is 0.614. The fourth-order valence-electron chi connectivity index (χ4n) is 3.88. The third-order valence-corrected chi connectivity index (χ3v) is 5.64. The van der Waals surface area contributed by atoms with Gasteiger partial charge in [-0.2, -0.15) is 0 Å². The van der Waals surface area contributed by atoms with Gasteiger partial charge in [0.25, 0.3) is 0 Å². The fourth-order valence-corrected chi connectivity index (χ4v) is 4.45. The minimum absolute atomic E-state index is 0.0478. The van der Waals surface area contributed by atoms with E-state index in [0.717, 1.165) is 36.3 Å². The molecule has 1 N–H and O–H groups in total. The van der Waals surface area contributed by atoms with Gasteiger partial charge in [0.1, 0.15) is 11.6 Å². The Morgan fingerprint density at radius 1 is 1.28 bits per heavy atom. The van der Waals surface area contributed by atoms with E-state index in [9.17, 15) is 9.18 Å². The topological polar surface area (TPSA) is 52.2 Å². The number of rotatable bonds is 4. The van der Waals surface area contributed by atoms with Crippen molar-refractivity contribution >= 4 is 40.1 Å². The molecule has 0 saturated carbocycles. The maximum Gasteiger partial charge on any atom is 0.234 e. The molecule has 1 aliphatic heterocycles. The van der Waals surface area contributed by atoms with Gasteiger partial charge in [-0.15, -0.1) is 0 Å². The van der Waals surface area contributed by atoms with Crippen LogP contribution in [0.3, 0.4) is 0 Å². The van der Waals surface area contributed by atoms with Crippen LogP contribution in [-0.2, 0) is 11.3 Å². The van der Waals surface area contributed by atoms with Crippen LogP contribution in [0.25, 0.3) is 11.0 Å². The average molecular weight is 435 g/mol. The largest absolute Gasteiger partial charge is 0.342 e. The van der Waals surface area contributed by atoms with E-state index in [1.807, 2.05) is 12.1 Å². The number of halogens is 3. The zero-order valence-electron chi connectivity index (χ0n) is 16.0. The van der Waals surface area contributed by atoms with Gasteiger partial charge in [-0.1, -0.05) is 23.2 Å². The number of nitrogens with one attached hydrogen (secondary N) is 1. The first kappa shape index (κ1) is 20.1. The first-order valence-corrected chi connectivity index (χ1v) is 10.3. The van der Waals surface area contributed by atoms with E-state index in [2.05, 4.69) is 15.0 Å². The molecule has 3 aromatic rings. The minimum Gasteiger partial charge on any atom is -0.342 e. The number of carbonyl (C=O) groups is 1. The molecule has 1 unspecified atom stereocenters. The first-order chi connectivity index (χ1) is 13.9. The number of imidazole rings is 1. The summed E-state index contributed by atoms with van der Waals surface area (Å²) in [6, 6.07) is 9.85. The molecule has 1 aliphatic rings. The lowest BCUT2D eigenvalue weighted by molar-refractivity contribution is -0.151. The summed E-state index contributed by atoms with van der Waals surface area (Å²) in [5, 5.41) is 4.87. The highest BCUT2D eigenvalue weighted by Gasteiger charge is 2.29. The zero-order chi connectivity index (χ0) is 20.5. The molecule has 0 bridgehead atoms. The van der Waals surface area contributed by atoms with Crippen molar-refractivity contribution in [3.05, 3.63) is 63.6 Å². The molecular formula is C21H21Cl2FN4O. The quantitative estimate of drug-likeness (QED) is 0.617. The van der Waals surface area contributed by atoms with E-state index in [4.69, 9.17) is 23.2 Å². The number of piperidine rings is 1. The van der Waals surface area contributed by atoms with Gasteiger partial charge in [0.15, 0.2) is 0 Å². The molecule has 1 fully saturated rings. The van der Waals surface area contributed by atoms with Crippen LogP contribution in [-0.4, -0.2) is 39.0 Å². The van der Waals surface area contributed by atoms with Gasteiger partial charge in [0.05, 0.1) is 17.6 Å². The van der Waals surface area contributed by atoms with Gasteiger partial charge in [0.2, 0.25) is 5.91 Å². The number of hydrogen-bond donors (Lipinski definition) is 1. The summed E-state index contributed by atoms with van der Waals surface area (Å²) in [6.07, 6.45) is 1.88. The number of amides is 1. The lowest BCUT2D eigenvalue weighted by Gasteiger charge is -2.39. The Kier molecular flexibility index (Phi) is 5.76. The predicted octanol–water partition coefficient (Wildman–Crippen LogP) is 5.15. The summed E-state index contributed by atoms with van der Waals surface area (Å²) >= 11 is 12.2. The SMILES string of the molecule is CC(=O)N(Cc1cc(Cl)cc(Cl)c1)N1CCCC(c2nc3ccc(F)cc3[nH]2)C1. The summed E-state index contributed by atoms with van der Waals surface area (Å²) in [7, 11) is 0. The van der Waals surface area contributed by atoms with Crippen molar-refractivity contribution in [2.75, 3.05) is 13.1 Å². The van der Waals surface area contributed by atoms with E-state index in [-0.39, 0.29) is 17.6 Å². The summed E-state index contributed by atoms with van der Waals surface area (Å²) in [5.41, 5.74) is 2.31. The molecule has 0 spiro atoms. The molecule has 1 aromatic heterocycles. The lowest BCUT2D eigenvalue weighted by atomic mass is 9.98. The Labute approximate surface area is 178 Å². The molecular weight excluding hydrogens is 414 g/mol. The van der Waals surface area contributed by atoms with Gasteiger partial charge < -0.3 is 4.98 Å². The van der Waals surface area contributed by atoms with Crippen LogP contribution < -0.4 is 0 Å². The van der Waals surface area contributed by atoms with Gasteiger partial charge in [-0.05, 0) is 54.8 Å². The number of hydrogen-bond acceptors (Lipinski definition) is 3. The van der Waals surface area contributed by atoms with Crippen LogP contribution in [0.15, 0.2) is 36.4 Å². The standard InChI is InChI=1S/C21H21Cl2FN4O/c1-13(29)28(11-14-7-16(22)9-17(23)8-14)27-6-2-3-15(12-27)21-25-19-5-4-18(24)10-20(19)26-21/h4-5,7-10,15H,2-3,6,11-12H2,1H3,(H,25,26). The van der Waals surface area contributed by atoms with E-state index < -0.39 is 0 Å². The summed E-state index contributed by atoms with van der Waals surface area (Å²) in [6.45, 7) is 3.38. The molecule has 152 valence electrons. The van der Waals surface area contributed by atoms with Crippen LogP contribution in [0.5, 0.6) is 0 Å². The Balaban J connectivity index is 1.55. The van der Waals surface area contributed by atoms with Crippen LogP contribution in [0.1, 0.15) is 37.1 Å². The van der Waals surface area contributed by atoms with Crippen LogP contribution in [0.4, 0.5) is 4.39 Å². The maximum absolute atomic E-state index is 13.5. The molecule has 1 saturated heterocycles. The summed E-state index contributed by atoms with van der Waals surface area (Å²) in [4.78, 5) is 20.3. The smallest absolute Gasteiger partial charge is 0.234 e. The summed E-state index contributed by atoms with van der Waals surface area (Å²) < 4.78 is 13.5. The van der Waals surface area contributed by atoms with Crippen molar-refractivity contribution < 1.29 is 9.18 Å². The molecule has 1 amide bonds. The second kappa shape index (κ2) is 8.30. The van der Waals surface area contributed by atoms with Crippen molar-refractivity contribution in [3.8, 4) is 0 Å². The predicted molar refractivity (Wildman–Crippen MR) is 112 cm³/mol. The van der Waals surface area contributed by atoms with Crippen LogP contribution >= 0.6 is 23.2 Å². The Morgan fingerprint density at radius 3 is 2.76 bits per heavy atom. The monoisotopic (exact) mass is 434 g/mol. The molecule has 8 heteroatoms. The number of hydrazine groups is 1. The van der Waals surface area contributed by atoms with Gasteiger partial charge in [-0.3, -0.25) is 9.80 Å². The van der Waals surface area contributed by atoms with E-state index in [1.54, 1.807) is 24.1 Å². The molecule has 5 nitrogen and oxygen atoms in total. The highest BCUT2D eigenvalue weighted by Crippen LogP contribution is 2.29. The van der Waals surface area contributed by atoms with E-state index in [1.165, 1.54) is 12.1 Å². The second-order valence-corrected chi connectivity index (χ2v) is 8.26. The number of aromatic amines is 1. The number of aromatic nitrogens is 2. The molecule has 29 heavy (non-hydrogen) atoms. The number of benzene rings is 2. The molecule has 2 aromatic carbocycles. The number of H-pyrrole nitrogens is 1. The van der Waals surface area contributed by atoms with Crippen LogP contribution in [0, 0.1) is 5.82 Å². The minimum atomic E-state index is -0.291. The normalized spacial score (nSPS) is 17.6. The first-order valence-electron chi connectivity index (χ1n) is 9.52. The van der Waals surface area contributed by atoms with Gasteiger partial charge in [0, 0.05) is 36.0 Å². The van der Waals surface area contributed by atoms with Crippen molar-refractivity contribution in [2.24, 2.45) is 0 Å². The van der Waals surface area contributed by atoms with Crippen molar-refractivity contribution in [3.63, 3.8) is 0 Å². The maximum atomic E-state index is 13.5. The third-order valence-electron chi connectivity index (χ3n) is 5.21. The highest BCUT2D eigenvalue weighted by molar-refractivity contribution is 6.34. The zero-order valence-corrected chi connectivity index (χ0v) is 17.5. The van der Waals surface area contributed by atoms with Gasteiger partial charge in [-0.25, -0.2) is 14.4 Å². The molecule has 2 heterocycles. The third kappa shape index (κ3) is 4.55. The molecule has 0 radical (unpaired) electrons. The Hall–Kier alpha value is -2.15. The number of nitrogens with zero attached hydrogens (tertiary/aromatic N) is 3. The Morgan fingerprint density at radius 2 is 2.03 bits per heavy atom. The molecule has 1 atom stereocenters. The molecule has 0 aliphatic carbocycles. The number of carbonyl (C=O) groups excluding carboxylic acids is 1. The second-order valence-electron chi connectivity index (χ2n) is 7.39. The highest BCUT2D eigenvalue weighted by atomic mass is 35.5. The van der Waals surface area contributed by atoms with E-state index >= 15 is 0 Å². The lowest BCUT2D eigenvalue weighted by Crippen LogP contribution is -2.49.